The number of aryl methyl sites for hydroxylation is 1. The molecule has 4 rings (SSSR count). The summed E-state index contributed by atoms with van der Waals surface area (Å²) in [6.45, 7) is 2.56. The van der Waals surface area contributed by atoms with Gasteiger partial charge >= 0.3 is 0 Å². The summed E-state index contributed by atoms with van der Waals surface area (Å²) in [6.07, 6.45) is 1.25. The van der Waals surface area contributed by atoms with Crippen molar-refractivity contribution in [1.82, 2.24) is 9.62 Å². The molecule has 8 heteroatoms. The Hall–Kier alpha value is -2.38. The molecule has 0 bridgehead atoms. The van der Waals surface area contributed by atoms with Gasteiger partial charge in [-0.05, 0) is 54.2 Å². The number of piperidine rings is 1. The third-order valence-corrected chi connectivity index (χ3v) is 8.80. The predicted molar refractivity (Wildman–Crippen MR) is 141 cm³/mol. The van der Waals surface area contributed by atoms with Crippen molar-refractivity contribution in [2.45, 2.75) is 31.6 Å². The highest BCUT2D eigenvalue weighted by atomic mass is 35.5. The number of rotatable bonds is 7. The van der Waals surface area contributed by atoms with Crippen LogP contribution in [-0.2, 0) is 20.6 Å². The van der Waals surface area contributed by atoms with E-state index in [4.69, 9.17) is 23.2 Å². The summed E-state index contributed by atoms with van der Waals surface area (Å²) in [6, 6.07) is 22.3. The third kappa shape index (κ3) is 6.25. The zero-order valence-corrected chi connectivity index (χ0v) is 21.8. The lowest BCUT2D eigenvalue weighted by Crippen LogP contribution is -2.46. The van der Waals surface area contributed by atoms with Crippen LogP contribution < -0.4 is 5.32 Å². The Morgan fingerprint density at radius 1 is 1.06 bits per heavy atom. The van der Waals surface area contributed by atoms with E-state index in [-0.39, 0.29) is 24.2 Å². The smallest absolute Gasteiger partial charge is 0.225 e. The van der Waals surface area contributed by atoms with Crippen molar-refractivity contribution < 1.29 is 13.2 Å². The van der Waals surface area contributed by atoms with Gasteiger partial charge in [0, 0.05) is 23.1 Å². The summed E-state index contributed by atoms with van der Waals surface area (Å²) in [5.74, 6) is -0.811. The molecule has 35 heavy (non-hydrogen) atoms. The molecule has 0 saturated carbocycles. The fraction of sp³-hybridized carbons (Fsp3) is 0.296. The summed E-state index contributed by atoms with van der Waals surface area (Å²) in [7, 11) is -3.65. The van der Waals surface area contributed by atoms with Crippen LogP contribution in [0, 0.1) is 12.8 Å². The molecule has 2 unspecified atom stereocenters. The lowest BCUT2D eigenvalue weighted by atomic mass is 9.93. The first-order valence-electron chi connectivity index (χ1n) is 11.6. The zero-order valence-electron chi connectivity index (χ0n) is 19.5. The summed E-state index contributed by atoms with van der Waals surface area (Å²) in [4.78, 5) is 13.4. The molecule has 1 N–H and O–H groups in total. The molecule has 1 aliphatic rings. The zero-order chi connectivity index (χ0) is 25.0. The molecule has 1 amide bonds. The standard InChI is InChI=1S/C27H28Cl2N2O3S/c1-19-8-5-6-12-24(19)26(20-9-3-2-4-10-20)30-27(32)21-11-7-15-31(17-21)35(33,34)18-22-13-14-23(28)16-25(22)29/h2-6,8-10,12-14,16,21,26H,7,11,15,17-18H2,1H3,(H,30,32). The minimum absolute atomic E-state index is 0.147. The highest BCUT2D eigenvalue weighted by Gasteiger charge is 2.34. The van der Waals surface area contributed by atoms with Gasteiger partial charge in [0.15, 0.2) is 0 Å². The van der Waals surface area contributed by atoms with E-state index in [1.54, 1.807) is 12.1 Å². The lowest BCUT2D eigenvalue weighted by molar-refractivity contribution is -0.126. The number of benzene rings is 3. The molecule has 184 valence electrons. The maximum absolute atomic E-state index is 13.4. The number of hydrogen-bond donors (Lipinski definition) is 1. The molecule has 0 aromatic heterocycles. The molecule has 3 aromatic rings. The van der Waals surface area contributed by atoms with E-state index in [9.17, 15) is 13.2 Å². The van der Waals surface area contributed by atoms with Crippen LogP contribution in [0.2, 0.25) is 10.0 Å². The van der Waals surface area contributed by atoms with Gasteiger partial charge in [-0.25, -0.2) is 12.7 Å². The van der Waals surface area contributed by atoms with Gasteiger partial charge in [0.05, 0.1) is 17.7 Å². The Morgan fingerprint density at radius 2 is 1.77 bits per heavy atom. The highest BCUT2D eigenvalue weighted by molar-refractivity contribution is 7.88. The Bertz CT molecular complexity index is 1300. The molecular weight excluding hydrogens is 503 g/mol. The minimum Gasteiger partial charge on any atom is -0.345 e. The average Bonchev–Trinajstić information content (AvgIpc) is 2.85. The third-order valence-electron chi connectivity index (χ3n) is 6.42. The van der Waals surface area contributed by atoms with Crippen LogP contribution in [0.15, 0.2) is 72.8 Å². The number of carbonyl (C=O) groups is 1. The molecule has 3 aromatic carbocycles. The van der Waals surface area contributed by atoms with Crippen molar-refractivity contribution in [3.8, 4) is 0 Å². The van der Waals surface area contributed by atoms with Gasteiger partial charge in [0.25, 0.3) is 0 Å². The second kappa shape index (κ2) is 11.1. The van der Waals surface area contributed by atoms with Crippen molar-refractivity contribution in [3.63, 3.8) is 0 Å². The van der Waals surface area contributed by atoms with Gasteiger partial charge in [0.1, 0.15) is 0 Å². The molecule has 2 atom stereocenters. The first kappa shape index (κ1) is 25.7. The van der Waals surface area contributed by atoms with Crippen molar-refractivity contribution in [2.24, 2.45) is 5.92 Å². The van der Waals surface area contributed by atoms with Crippen molar-refractivity contribution in [3.05, 3.63) is 105 Å². The summed E-state index contributed by atoms with van der Waals surface area (Å²) in [5, 5.41) is 3.97. The van der Waals surface area contributed by atoms with Crippen LogP contribution in [0.4, 0.5) is 0 Å². The number of amides is 1. The SMILES string of the molecule is Cc1ccccc1C(NC(=O)C1CCCN(S(=O)(=O)Cc2ccc(Cl)cc2Cl)C1)c1ccccc1. The van der Waals surface area contributed by atoms with E-state index in [0.717, 1.165) is 16.7 Å². The highest BCUT2D eigenvalue weighted by Crippen LogP contribution is 2.29. The number of nitrogens with zero attached hydrogens (tertiary/aromatic N) is 1. The van der Waals surface area contributed by atoms with E-state index in [1.807, 2.05) is 61.5 Å². The van der Waals surface area contributed by atoms with Gasteiger partial charge < -0.3 is 5.32 Å². The molecule has 1 saturated heterocycles. The van der Waals surface area contributed by atoms with Crippen LogP contribution in [-0.4, -0.2) is 31.7 Å². The van der Waals surface area contributed by atoms with E-state index in [0.29, 0.717) is 35.0 Å². The maximum atomic E-state index is 13.4. The molecule has 1 heterocycles. The maximum Gasteiger partial charge on any atom is 0.225 e. The number of halogens is 2. The molecule has 0 spiro atoms. The Kier molecular flexibility index (Phi) is 8.17. The Labute approximate surface area is 217 Å². The first-order chi connectivity index (χ1) is 16.7. The van der Waals surface area contributed by atoms with Gasteiger partial charge in [-0.3, -0.25) is 4.79 Å². The van der Waals surface area contributed by atoms with E-state index in [2.05, 4.69) is 5.32 Å². The normalized spacial score (nSPS) is 17.6. The fourth-order valence-electron chi connectivity index (χ4n) is 4.49. The van der Waals surface area contributed by atoms with Crippen LogP contribution >= 0.6 is 23.2 Å². The minimum atomic E-state index is -3.65. The quantitative estimate of drug-likeness (QED) is 0.422. The van der Waals surface area contributed by atoms with Gasteiger partial charge in [-0.2, -0.15) is 0 Å². The predicted octanol–water partition coefficient (Wildman–Crippen LogP) is 5.75. The van der Waals surface area contributed by atoms with E-state index < -0.39 is 15.9 Å². The molecule has 1 fully saturated rings. The van der Waals surface area contributed by atoms with Crippen LogP contribution in [0.25, 0.3) is 0 Å². The van der Waals surface area contributed by atoms with Crippen LogP contribution in [0.3, 0.4) is 0 Å². The largest absolute Gasteiger partial charge is 0.345 e. The van der Waals surface area contributed by atoms with Crippen molar-refractivity contribution >= 4 is 39.1 Å². The van der Waals surface area contributed by atoms with Gasteiger partial charge in [-0.1, -0.05) is 83.9 Å². The number of sulfonamides is 1. The fourth-order valence-corrected chi connectivity index (χ4v) is 6.69. The van der Waals surface area contributed by atoms with Gasteiger partial charge in [0.2, 0.25) is 15.9 Å². The van der Waals surface area contributed by atoms with Crippen LogP contribution in [0.1, 0.15) is 41.1 Å². The lowest BCUT2D eigenvalue weighted by Gasteiger charge is -2.32. The van der Waals surface area contributed by atoms with E-state index in [1.165, 1.54) is 10.4 Å². The first-order valence-corrected chi connectivity index (χ1v) is 13.9. The second-order valence-electron chi connectivity index (χ2n) is 8.90. The average molecular weight is 532 g/mol. The number of nitrogens with one attached hydrogen (secondary N) is 1. The number of hydrogen-bond acceptors (Lipinski definition) is 3. The molecule has 5 nitrogen and oxygen atoms in total. The number of carbonyl (C=O) groups excluding carboxylic acids is 1. The van der Waals surface area contributed by atoms with Crippen molar-refractivity contribution in [2.75, 3.05) is 13.1 Å². The molecular formula is C27H28Cl2N2O3S. The molecule has 1 aliphatic heterocycles. The Morgan fingerprint density at radius 3 is 2.49 bits per heavy atom. The molecule has 0 aliphatic carbocycles. The topological polar surface area (TPSA) is 66.5 Å². The van der Waals surface area contributed by atoms with Gasteiger partial charge in [-0.15, -0.1) is 0 Å². The Balaban J connectivity index is 1.51. The summed E-state index contributed by atoms with van der Waals surface area (Å²) < 4.78 is 27.8. The summed E-state index contributed by atoms with van der Waals surface area (Å²) in [5.41, 5.74) is 3.57. The monoisotopic (exact) mass is 530 g/mol. The van der Waals surface area contributed by atoms with E-state index >= 15 is 0 Å². The second-order valence-corrected chi connectivity index (χ2v) is 11.7. The molecule has 0 radical (unpaired) electrons. The summed E-state index contributed by atoms with van der Waals surface area (Å²) >= 11 is 12.2. The van der Waals surface area contributed by atoms with Crippen LogP contribution in [0.5, 0.6) is 0 Å². The van der Waals surface area contributed by atoms with Crippen molar-refractivity contribution in [1.29, 1.82) is 0 Å².